The molecule has 1 aliphatic rings. The van der Waals surface area contributed by atoms with Gasteiger partial charge in [0, 0.05) is 20.0 Å². The Morgan fingerprint density at radius 3 is 2.09 bits per heavy atom. The summed E-state index contributed by atoms with van der Waals surface area (Å²) >= 11 is 0. The molecule has 0 saturated carbocycles. The van der Waals surface area contributed by atoms with E-state index in [4.69, 9.17) is 0 Å². The highest BCUT2D eigenvalue weighted by Crippen LogP contribution is 2.41. The molecule has 2 amide bonds. The van der Waals surface area contributed by atoms with Crippen molar-refractivity contribution in [2.24, 2.45) is 0 Å². The average Bonchev–Trinajstić information content (AvgIpc) is 2.83. The maximum Gasteiger partial charge on any atom is 0.320 e. The lowest BCUT2D eigenvalue weighted by molar-refractivity contribution is 0.0108. The normalized spacial score (nSPS) is 20.6. The number of halogens is 1. The van der Waals surface area contributed by atoms with E-state index >= 15 is 0 Å². The Morgan fingerprint density at radius 1 is 0.939 bits per heavy atom. The van der Waals surface area contributed by atoms with Crippen LogP contribution in [-0.4, -0.2) is 40.6 Å². The molecule has 3 aromatic carbocycles. The van der Waals surface area contributed by atoms with E-state index in [-0.39, 0.29) is 17.9 Å². The van der Waals surface area contributed by atoms with Crippen LogP contribution in [0.5, 0.6) is 0 Å². The molecular formula is C28H31FN2O2. The first-order valence-corrected chi connectivity index (χ1v) is 11.5. The number of carbonyl (C=O) groups is 1. The van der Waals surface area contributed by atoms with Crippen molar-refractivity contribution in [2.45, 2.75) is 44.4 Å². The van der Waals surface area contributed by atoms with Crippen LogP contribution in [0.1, 0.15) is 43.9 Å². The summed E-state index contributed by atoms with van der Waals surface area (Å²) in [7, 11) is 1.84. The van der Waals surface area contributed by atoms with Gasteiger partial charge in [-0.15, -0.1) is 0 Å². The second-order valence-corrected chi connectivity index (χ2v) is 9.04. The molecule has 1 saturated heterocycles. The van der Waals surface area contributed by atoms with Crippen molar-refractivity contribution in [3.63, 3.8) is 0 Å². The molecule has 0 bridgehead atoms. The van der Waals surface area contributed by atoms with Crippen molar-refractivity contribution in [1.29, 1.82) is 0 Å². The number of hydrogen-bond acceptors (Lipinski definition) is 2. The first kappa shape index (κ1) is 23.0. The molecular weight excluding hydrogens is 415 g/mol. The van der Waals surface area contributed by atoms with Crippen LogP contribution in [-0.2, 0) is 5.54 Å². The van der Waals surface area contributed by atoms with E-state index in [1.54, 1.807) is 19.1 Å². The number of benzene rings is 3. The van der Waals surface area contributed by atoms with Gasteiger partial charge in [0.15, 0.2) is 0 Å². The summed E-state index contributed by atoms with van der Waals surface area (Å²) in [5, 5.41) is 10.3. The lowest BCUT2D eigenvalue weighted by atomic mass is 9.79. The van der Waals surface area contributed by atoms with Gasteiger partial charge in [-0.1, -0.05) is 66.7 Å². The lowest BCUT2D eigenvalue weighted by Crippen LogP contribution is -2.59. The van der Waals surface area contributed by atoms with E-state index in [0.717, 1.165) is 28.7 Å². The van der Waals surface area contributed by atoms with Crippen molar-refractivity contribution >= 4 is 6.03 Å². The summed E-state index contributed by atoms with van der Waals surface area (Å²) < 4.78 is 13.2. The molecule has 0 radical (unpaired) electrons. The second kappa shape index (κ2) is 9.36. The van der Waals surface area contributed by atoms with Crippen LogP contribution < -0.4 is 0 Å². The fourth-order valence-corrected chi connectivity index (χ4v) is 5.01. The molecule has 1 aliphatic heterocycles. The molecule has 1 N–H and O–H groups in total. The van der Waals surface area contributed by atoms with Crippen LogP contribution in [0, 0.1) is 5.82 Å². The second-order valence-electron chi connectivity index (χ2n) is 9.04. The lowest BCUT2D eigenvalue weighted by Gasteiger charge is -2.51. The molecule has 0 spiro atoms. The first-order valence-electron chi connectivity index (χ1n) is 11.5. The SMILES string of the molecule is CC(O)CC1(c2ccccc2)CCN(C(C)c2ccc(-c3ccc(F)cc3)cc2)C(=O)N1C. The Hall–Kier alpha value is -3.18. The number of aliphatic hydroxyl groups is 1. The fraction of sp³-hybridized carbons (Fsp3) is 0.321. The van der Waals surface area contributed by atoms with Crippen LogP contribution in [0.3, 0.4) is 0 Å². The number of hydrogen-bond donors (Lipinski definition) is 1. The maximum absolute atomic E-state index is 13.6. The van der Waals surface area contributed by atoms with Crippen molar-refractivity contribution in [3.8, 4) is 11.1 Å². The molecule has 172 valence electrons. The summed E-state index contributed by atoms with van der Waals surface area (Å²) in [5.74, 6) is -0.251. The van der Waals surface area contributed by atoms with E-state index in [0.29, 0.717) is 13.0 Å². The largest absolute Gasteiger partial charge is 0.393 e. The molecule has 3 unspecified atom stereocenters. The van der Waals surface area contributed by atoms with Crippen molar-refractivity contribution in [1.82, 2.24) is 9.80 Å². The molecule has 1 fully saturated rings. The molecule has 1 heterocycles. The summed E-state index contributed by atoms with van der Waals surface area (Å²) in [4.78, 5) is 17.3. The number of rotatable bonds is 6. The maximum atomic E-state index is 13.6. The zero-order chi connectivity index (χ0) is 23.6. The van der Waals surface area contributed by atoms with Crippen molar-refractivity contribution in [2.75, 3.05) is 13.6 Å². The van der Waals surface area contributed by atoms with Gasteiger partial charge in [0.05, 0.1) is 17.7 Å². The molecule has 33 heavy (non-hydrogen) atoms. The number of urea groups is 1. The molecule has 3 aromatic rings. The monoisotopic (exact) mass is 446 g/mol. The zero-order valence-corrected chi connectivity index (χ0v) is 19.4. The smallest absolute Gasteiger partial charge is 0.320 e. The van der Waals surface area contributed by atoms with Gasteiger partial charge in [0.1, 0.15) is 5.82 Å². The van der Waals surface area contributed by atoms with Crippen LogP contribution in [0.25, 0.3) is 11.1 Å². The first-order chi connectivity index (χ1) is 15.8. The predicted octanol–water partition coefficient (Wildman–Crippen LogP) is 5.98. The highest BCUT2D eigenvalue weighted by atomic mass is 19.1. The topological polar surface area (TPSA) is 43.8 Å². The van der Waals surface area contributed by atoms with E-state index in [2.05, 4.69) is 0 Å². The van der Waals surface area contributed by atoms with Gasteiger partial charge in [-0.3, -0.25) is 0 Å². The predicted molar refractivity (Wildman–Crippen MR) is 129 cm³/mol. The molecule has 4 nitrogen and oxygen atoms in total. The van der Waals surface area contributed by atoms with Gasteiger partial charge in [-0.2, -0.15) is 0 Å². The van der Waals surface area contributed by atoms with Gasteiger partial charge >= 0.3 is 6.03 Å². The number of amides is 2. The summed E-state index contributed by atoms with van der Waals surface area (Å²) in [6, 6.07) is 24.4. The van der Waals surface area contributed by atoms with Crippen LogP contribution in [0.15, 0.2) is 78.9 Å². The minimum atomic E-state index is -0.533. The molecule has 5 heteroatoms. The minimum Gasteiger partial charge on any atom is -0.393 e. The molecule has 4 rings (SSSR count). The van der Waals surface area contributed by atoms with Gasteiger partial charge in [0.2, 0.25) is 0 Å². The molecule has 0 aliphatic carbocycles. The summed E-state index contributed by atoms with van der Waals surface area (Å²) in [6.07, 6.45) is 0.708. The number of aliphatic hydroxyl groups excluding tert-OH is 1. The Kier molecular flexibility index (Phi) is 6.52. The Bertz CT molecular complexity index is 1080. The van der Waals surface area contributed by atoms with Gasteiger partial charge < -0.3 is 14.9 Å². The third-order valence-corrected chi connectivity index (χ3v) is 6.92. The third-order valence-electron chi connectivity index (χ3n) is 6.92. The van der Waals surface area contributed by atoms with E-state index in [9.17, 15) is 14.3 Å². The number of carbonyl (C=O) groups excluding carboxylic acids is 1. The Balaban J connectivity index is 1.56. The zero-order valence-electron chi connectivity index (χ0n) is 19.4. The van der Waals surface area contributed by atoms with Crippen LogP contribution in [0.4, 0.5) is 9.18 Å². The third kappa shape index (κ3) is 4.51. The van der Waals surface area contributed by atoms with Gasteiger partial charge in [-0.25, -0.2) is 9.18 Å². The average molecular weight is 447 g/mol. The molecule has 3 atom stereocenters. The van der Waals surface area contributed by atoms with E-state index < -0.39 is 11.6 Å². The van der Waals surface area contributed by atoms with Crippen LogP contribution >= 0.6 is 0 Å². The van der Waals surface area contributed by atoms with Crippen molar-refractivity contribution < 1.29 is 14.3 Å². The van der Waals surface area contributed by atoms with Crippen molar-refractivity contribution in [3.05, 3.63) is 95.8 Å². The van der Waals surface area contributed by atoms with Gasteiger partial charge in [0.25, 0.3) is 0 Å². The fourth-order valence-electron chi connectivity index (χ4n) is 5.01. The summed E-state index contributed by atoms with van der Waals surface area (Å²) in [6.45, 7) is 4.43. The van der Waals surface area contributed by atoms with E-state index in [1.807, 2.05) is 78.4 Å². The Morgan fingerprint density at radius 2 is 1.52 bits per heavy atom. The highest BCUT2D eigenvalue weighted by molar-refractivity contribution is 5.77. The summed E-state index contributed by atoms with van der Waals surface area (Å²) in [5.41, 5.74) is 3.53. The number of nitrogens with zero attached hydrogens (tertiary/aromatic N) is 2. The van der Waals surface area contributed by atoms with E-state index in [1.165, 1.54) is 12.1 Å². The minimum absolute atomic E-state index is 0.0409. The highest BCUT2D eigenvalue weighted by Gasteiger charge is 2.46. The van der Waals surface area contributed by atoms with Gasteiger partial charge in [-0.05, 0) is 54.7 Å². The quantitative estimate of drug-likeness (QED) is 0.506. The standard InChI is InChI=1S/C28H31FN2O2/c1-20(32)19-28(25-7-5-4-6-8-25)17-18-31(27(33)30(28)3)21(2)22-9-11-23(12-10-22)24-13-15-26(29)16-14-24/h4-16,20-21,32H,17-19H2,1-3H3. The van der Waals surface area contributed by atoms with Crippen LogP contribution in [0.2, 0.25) is 0 Å². The Labute approximate surface area is 195 Å². The molecule has 0 aromatic heterocycles.